The van der Waals surface area contributed by atoms with Crippen molar-refractivity contribution in [2.45, 2.75) is 36.2 Å². The van der Waals surface area contributed by atoms with Crippen molar-refractivity contribution in [1.82, 2.24) is 10.6 Å². The molecule has 0 aromatic heterocycles. The van der Waals surface area contributed by atoms with Crippen LogP contribution < -0.4 is 16.4 Å². The maximum atomic E-state index is 12.2. The van der Waals surface area contributed by atoms with E-state index in [1.54, 1.807) is 24.3 Å². The predicted octanol–water partition coefficient (Wildman–Crippen LogP) is 0.158. The van der Waals surface area contributed by atoms with Crippen molar-refractivity contribution < 1.29 is 19.5 Å². The Morgan fingerprint density at radius 3 is 2.18 bits per heavy atom. The van der Waals surface area contributed by atoms with Gasteiger partial charge in [0.25, 0.3) is 5.91 Å². The summed E-state index contributed by atoms with van der Waals surface area (Å²) in [6.07, 6.45) is 0. The fourth-order valence-electron chi connectivity index (χ4n) is 1.40. The summed E-state index contributed by atoms with van der Waals surface area (Å²) in [5, 5.41) is 12.7. The van der Waals surface area contributed by atoms with Gasteiger partial charge >= 0.3 is 5.97 Å². The van der Waals surface area contributed by atoms with Crippen molar-refractivity contribution in [3.8, 4) is 0 Å². The van der Waals surface area contributed by atoms with E-state index in [0.717, 1.165) is 16.7 Å². The number of nitrogens with two attached hydrogens (primary N) is 1. The molecule has 1 rings (SSSR count). The zero-order chi connectivity index (χ0) is 16.7. The average Bonchev–Trinajstić information content (AvgIpc) is 2.47. The molecule has 0 spiro atoms. The number of carboxylic acid groups (broad SMARTS) is 1. The number of amides is 2. The summed E-state index contributed by atoms with van der Waals surface area (Å²) >= 11 is 1.10. The smallest absolute Gasteiger partial charge is 0.325 e. The molecular weight excluding hydrogens is 306 g/mol. The van der Waals surface area contributed by atoms with E-state index in [2.05, 4.69) is 10.6 Å². The summed E-state index contributed by atoms with van der Waals surface area (Å²) in [5.41, 5.74) is 5.48. The Morgan fingerprint density at radius 2 is 1.68 bits per heavy atom. The molecule has 7 nitrogen and oxygen atoms in total. The Hall–Kier alpha value is -2.06. The van der Waals surface area contributed by atoms with Crippen molar-refractivity contribution in [2.24, 2.45) is 5.73 Å². The van der Waals surface area contributed by atoms with Crippen molar-refractivity contribution in [2.75, 3.05) is 0 Å². The summed E-state index contributed by atoms with van der Waals surface area (Å²) in [4.78, 5) is 35.5. The van der Waals surface area contributed by atoms with Crippen molar-refractivity contribution in [1.29, 1.82) is 0 Å². The molecule has 0 heterocycles. The number of carboxylic acids is 1. The molecule has 0 aliphatic carbocycles. The van der Waals surface area contributed by atoms with E-state index in [-0.39, 0.29) is 0 Å². The summed E-state index contributed by atoms with van der Waals surface area (Å²) < 4.78 is 0. The van der Waals surface area contributed by atoms with Crippen LogP contribution in [-0.2, 0) is 14.4 Å². The lowest BCUT2D eigenvalue weighted by molar-refractivity contribution is -0.141. The fourth-order valence-corrected chi connectivity index (χ4v) is 2.33. The van der Waals surface area contributed by atoms with Crippen molar-refractivity contribution in [3.05, 3.63) is 30.3 Å². The third-order valence-corrected chi connectivity index (χ3v) is 3.76. The van der Waals surface area contributed by atoms with Crippen LogP contribution >= 0.6 is 11.8 Å². The van der Waals surface area contributed by atoms with Gasteiger partial charge in [-0.3, -0.25) is 14.4 Å². The van der Waals surface area contributed by atoms with Gasteiger partial charge in [0.05, 0.1) is 6.04 Å². The Labute approximate surface area is 132 Å². The standard InChI is InChI=1S/C14H19N3O4S/c1-8(15)11(18)17-13(12(19)16-9(2)14(20)21)22-10-6-4-3-5-7-10/h3-9,13H,15H2,1-2H3,(H,16,19)(H,17,18)(H,20,21)/t8-,9-,13-/m0/s1. The zero-order valence-electron chi connectivity index (χ0n) is 12.3. The number of nitrogens with one attached hydrogen (secondary N) is 2. The Balaban J connectivity index is 2.83. The summed E-state index contributed by atoms with van der Waals surface area (Å²) in [7, 11) is 0. The highest BCUT2D eigenvalue weighted by Crippen LogP contribution is 2.21. The van der Waals surface area contributed by atoms with Crippen LogP contribution in [0.3, 0.4) is 0 Å². The van der Waals surface area contributed by atoms with Gasteiger partial charge in [0.15, 0.2) is 5.37 Å². The molecule has 0 fully saturated rings. The Bertz CT molecular complexity index is 536. The first-order valence-electron chi connectivity index (χ1n) is 6.62. The topological polar surface area (TPSA) is 122 Å². The van der Waals surface area contributed by atoms with Gasteiger partial charge in [0.2, 0.25) is 5.91 Å². The molecular formula is C14H19N3O4S. The van der Waals surface area contributed by atoms with Gasteiger partial charge in [-0.1, -0.05) is 30.0 Å². The Kier molecular flexibility index (Phi) is 6.87. The Morgan fingerprint density at radius 1 is 1.09 bits per heavy atom. The van der Waals surface area contributed by atoms with Crippen LogP contribution in [0.4, 0.5) is 0 Å². The van der Waals surface area contributed by atoms with Crippen LogP contribution in [0.15, 0.2) is 35.2 Å². The second kappa shape index (κ2) is 8.40. The molecule has 2 amide bonds. The number of carbonyl (C=O) groups excluding carboxylic acids is 2. The molecule has 0 saturated heterocycles. The quantitative estimate of drug-likeness (QED) is 0.418. The number of carbonyl (C=O) groups is 3. The minimum absolute atomic E-state index is 0.494. The monoisotopic (exact) mass is 325 g/mol. The molecule has 1 aromatic rings. The third-order valence-electron chi connectivity index (χ3n) is 2.65. The normalized spacial score (nSPS) is 14.5. The maximum Gasteiger partial charge on any atom is 0.325 e. The molecule has 3 atom stereocenters. The number of rotatable bonds is 7. The third kappa shape index (κ3) is 5.74. The lowest BCUT2D eigenvalue weighted by atomic mass is 10.3. The molecule has 0 bridgehead atoms. The largest absolute Gasteiger partial charge is 0.480 e. The number of thioether (sulfide) groups is 1. The molecule has 120 valence electrons. The first kappa shape index (κ1) is 18.0. The highest BCUT2D eigenvalue weighted by atomic mass is 32.2. The highest BCUT2D eigenvalue weighted by molar-refractivity contribution is 8.00. The van der Waals surface area contributed by atoms with Gasteiger partial charge < -0.3 is 21.5 Å². The van der Waals surface area contributed by atoms with Crippen LogP contribution in [0.2, 0.25) is 0 Å². The average molecular weight is 325 g/mol. The molecule has 1 aromatic carbocycles. The zero-order valence-corrected chi connectivity index (χ0v) is 13.1. The molecule has 0 unspecified atom stereocenters. The molecule has 5 N–H and O–H groups in total. The fraction of sp³-hybridized carbons (Fsp3) is 0.357. The summed E-state index contributed by atoms with van der Waals surface area (Å²) in [6, 6.07) is 7.15. The molecule has 0 saturated carbocycles. The first-order valence-corrected chi connectivity index (χ1v) is 7.50. The van der Waals surface area contributed by atoms with E-state index in [1.165, 1.54) is 13.8 Å². The number of hydrogen-bond donors (Lipinski definition) is 4. The molecule has 0 radical (unpaired) electrons. The van der Waals surface area contributed by atoms with Gasteiger partial charge in [0.1, 0.15) is 6.04 Å². The van der Waals surface area contributed by atoms with E-state index >= 15 is 0 Å². The molecule has 0 aliphatic heterocycles. The first-order chi connectivity index (χ1) is 10.3. The van der Waals surface area contributed by atoms with Crippen molar-refractivity contribution >= 4 is 29.5 Å². The van der Waals surface area contributed by atoms with Gasteiger partial charge in [-0.15, -0.1) is 0 Å². The van der Waals surface area contributed by atoms with Crippen LogP contribution in [0.25, 0.3) is 0 Å². The molecule has 22 heavy (non-hydrogen) atoms. The summed E-state index contributed by atoms with van der Waals surface area (Å²) in [5.74, 6) is -2.25. The van der Waals surface area contributed by atoms with Crippen LogP contribution in [-0.4, -0.2) is 40.3 Å². The minimum atomic E-state index is -1.16. The second-order valence-corrected chi connectivity index (χ2v) is 5.86. The molecule has 8 heteroatoms. The van der Waals surface area contributed by atoms with E-state index in [9.17, 15) is 14.4 Å². The van der Waals surface area contributed by atoms with Crippen LogP contribution in [0.5, 0.6) is 0 Å². The van der Waals surface area contributed by atoms with E-state index < -0.39 is 35.2 Å². The van der Waals surface area contributed by atoms with E-state index in [0.29, 0.717) is 0 Å². The number of benzene rings is 1. The van der Waals surface area contributed by atoms with Crippen LogP contribution in [0.1, 0.15) is 13.8 Å². The van der Waals surface area contributed by atoms with Gasteiger partial charge in [-0.05, 0) is 26.0 Å². The lowest BCUT2D eigenvalue weighted by Gasteiger charge is -2.20. The minimum Gasteiger partial charge on any atom is -0.480 e. The SMILES string of the molecule is C[C@H](N)C(=O)N[C@@H](Sc1ccccc1)C(=O)N[C@@H](C)C(=O)O. The second-order valence-electron chi connectivity index (χ2n) is 4.68. The highest BCUT2D eigenvalue weighted by Gasteiger charge is 2.26. The van der Waals surface area contributed by atoms with Gasteiger partial charge in [0, 0.05) is 4.90 Å². The van der Waals surface area contributed by atoms with Crippen molar-refractivity contribution in [3.63, 3.8) is 0 Å². The molecule has 0 aliphatic rings. The van der Waals surface area contributed by atoms with Gasteiger partial charge in [-0.25, -0.2) is 0 Å². The summed E-state index contributed by atoms with van der Waals surface area (Å²) in [6.45, 7) is 2.84. The van der Waals surface area contributed by atoms with Gasteiger partial charge in [-0.2, -0.15) is 0 Å². The van der Waals surface area contributed by atoms with Crippen LogP contribution in [0, 0.1) is 0 Å². The van der Waals surface area contributed by atoms with E-state index in [1.807, 2.05) is 6.07 Å². The maximum absolute atomic E-state index is 12.2. The lowest BCUT2D eigenvalue weighted by Crippen LogP contribution is -2.52. The number of aliphatic carboxylic acids is 1. The number of hydrogen-bond acceptors (Lipinski definition) is 5. The van der Waals surface area contributed by atoms with E-state index in [4.69, 9.17) is 10.8 Å². The predicted molar refractivity (Wildman–Crippen MR) is 83.1 cm³/mol.